The number of methoxy groups -OCH3 is 1. The summed E-state index contributed by atoms with van der Waals surface area (Å²) >= 11 is 0. The molecule has 3 heterocycles. The molecule has 1 saturated heterocycles. The molecule has 2 aromatic heterocycles. The number of aromatic nitrogens is 3. The number of fused-ring (bicyclic) bond motifs is 1. The summed E-state index contributed by atoms with van der Waals surface area (Å²) in [4.78, 5) is 16.0. The number of pyridine rings is 1. The number of ether oxygens (including phenoxy) is 2. The Hall–Kier alpha value is -3.87. The van der Waals surface area contributed by atoms with Crippen molar-refractivity contribution in [3.05, 3.63) is 60.0 Å². The van der Waals surface area contributed by atoms with Crippen LogP contribution in [-0.2, 0) is 22.0 Å². The van der Waals surface area contributed by atoms with Crippen LogP contribution in [0.5, 0.6) is 5.75 Å². The smallest absolute Gasteiger partial charge is 0.201 e. The number of benzene rings is 2. The van der Waals surface area contributed by atoms with Crippen molar-refractivity contribution in [3.8, 4) is 28.3 Å². The first-order valence-electron chi connectivity index (χ1n) is 12.5. The molecule has 12 heteroatoms. The Balaban J connectivity index is 1.62. The molecule has 4 aromatic rings. The van der Waals surface area contributed by atoms with Gasteiger partial charge >= 0.3 is 0 Å². The van der Waals surface area contributed by atoms with Crippen molar-refractivity contribution in [2.75, 3.05) is 50.6 Å². The van der Waals surface area contributed by atoms with E-state index in [1.807, 2.05) is 12.1 Å². The molecule has 2 aromatic carbocycles. The first-order chi connectivity index (χ1) is 18.9. The fourth-order valence-corrected chi connectivity index (χ4v) is 4.96. The lowest BCUT2D eigenvalue weighted by molar-refractivity contribution is 0.122. The van der Waals surface area contributed by atoms with Crippen LogP contribution in [0.25, 0.3) is 33.4 Å². The van der Waals surface area contributed by atoms with E-state index in [2.05, 4.69) is 14.6 Å². The van der Waals surface area contributed by atoms with Gasteiger partial charge in [-0.2, -0.15) is 0 Å². The Morgan fingerprint density at radius 2 is 1.95 bits per heavy atom. The number of rotatable bonds is 9. The van der Waals surface area contributed by atoms with Gasteiger partial charge in [0.15, 0.2) is 5.82 Å². The molecule has 10 nitrogen and oxygen atoms in total. The average Bonchev–Trinajstić information content (AvgIpc) is 2.95. The van der Waals surface area contributed by atoms with Gasteiger partial charge in [0, 0.05) is 42.3 Å². The molecule has 0 aliphatic carbocycles. The number of anilines is 2. The number of halogens is 1. The van der Waals surface area contributed by atoms with Crippen LogP contribution in [0.1, 0.15) is 12.0 Å². The van der Waals surface area contributed by atoms with Crippen LogP contribution in [0, 0.1) is 5.82 Å². The zero-order valence-corrected chi connectivity index (χ0v) is 22.3. The summed E-state index contributed by atoms with van der Waals surface area (Å²) in [5.41, 5.74) is 8.62. The summed E-state index contributed by atoms with van der Waals surface area (Å²) in [7, 11) is -1.12. The lowest BCUT2D eigenvalue weighted by atomic mass is 9.98. The summed E-state index contributed by atoms with van der Waals surface area (Å²) in [6.45, 7) is 2.66. The molecule has 3 N–H and O–H groups in total. The van der Waals surface area contributed by atoms with Gasteiger partial charge in [-0.15, -0.1) is 0 Å². The Bertz CT molecular complexity index is 1550. The summed E-state index contributed by atoms with van der Waals surface area (Å²) in [6, 6.07) is 12.4. The maximum atomic E-state index is 15.7. The largest absolute Gasteiger partial charge is 0.494 e. The van der Waals surface area contributed by atoms with Crippen LogP contribution in [-0.4, -0.2) is 63.3 Å². The fraction of sp³-hybridized carbons (Fsp3) is 0.296. The van der Waals surface area contributed by atoms with Gasteiger partial charge in [-0.3, -0.25) is 0 Å². The second-order valence-electron chi connectivity index (χ2n) is 9.06. The number of nitrogen functional groups attached to an aromatic ring is 1. The topological polar surface area (TPSA) is 133 Å². The minimum atomic E-state index is -2.67. The van der Waals surface area contributed by atoms with E-state index in [-0.39, 0.29) is 12.4 Å². The predicted octanol–water partition coefficient (Wildman–Crippen LogP) is 2.97. The highest BCUT2D eigenvalue weighted by atomic mass is 32.2. The number of thiol groups is 1. The van der Waals surface area contributed by atoms with Crippen LogP contribution in [0.4, 0.5) is 16.0 Å². The lowest BCUT2D eigenvalue weighted by Crippen LogP contribution is -2.37. The number of aryl methyl sites for hydroxylation is 1. The number of nitrogens with two attached hydrogens (primary N) is 1. The van der Waals surface area contributed by atoms with E-state index in [9.17, 15) is 8.42 Å². The minimum Gasteiger partial charge on any atom is -0.494 e. The second kappa shape index (κ2) is 11.9. The van der Waals surface area contributed by atoms with Gasteiger partial charge in [0.1, 0.15) is 28.7 Å². The SMILES string of the molecule is COc1cc(-c2cccc(CCCN[SH](=O)=O)c2F)cc2c(N3CCOCC3)nc(-c3ccc(N)nc3)nc12. The molecule has 0 spiro atoms. The van der Waals surface area contributed by atoms with E-state index >= 15 is 4.39 Å². The van der Waals surface area contributed by atoms with Crippen molar-refractivity contribution in [1.82, 2.24) is 19.7 Å². The predicted molar refractivity (Wildman–Crippen MR) is 149 cm³/mol. The Labute approximate surface area is 227 Å². The summed E-state index contributed by atoms with van der Waals surface area (Å²) in [6.07, 6.45) is 2.50. The standard InChI is InChI=1S/C27H29FN6O4S/c1-37-22-15-19(20-6-2-4-17(24(20)28)5-3-9-31-39(35)36)14-21-25(22)32-26(18-7-8-23(29)30-16-18)33-27(21)34-10-12-38-13-11-34/h2,4,6-8,14-16,39H,3,5,9-13H2,1H3,(H2,29,30)(H,31,35,36). The van der Waals surface area contributed by atoms with Crippen molar-refractivity contribution < 1.29 is 22.3 Å². The Morgan fingerprint density at radius 3 is 2.67 bits per heavy atom. The Morgan fingerprint density at radius 1 is 1.13 bits per heavy atom. The van der Waals surface area contributed by atoms with Crippen LogP contribution in [0.3, 0.4) is 0 Å². The Kier molecular flexibility index (Phi) is 8.15. The first kappa shape index (κ1) is 26.7. The molecule has 1 aliphatic heterocycles. The molecule has 5 rings (SSSR count). The van der Waals surface area contributed by atoms with Crippen molar-refractivity contribution in [3.63, 3.8) is 0 Å². The van der Waals surface area contributed by atoms with Crippen LogP contribution >= 0.6 is 0 Å². The highest BCUT2D eigenvalue weighted by molar-refractivity contribution is 7.70. The number of hydrogen-bond acceptors (Lipinski definition) is 9. The van der Waals surface area contributed by atoms with Crippen molar-refractivity contribution in [2.24, 2.45) is 0 Å². The van der Waals surface area contributed by atoms with Crippen molar-refractivity contribution in [1.29, 1.82) is 0 Å². The molecular formula is C27H29FN6O4S. The quantitative estimate of drug-likeness (QED) is 0.212. The van der Waals surface area contributed by atoms with Crippen molar-refractivity contribution in [2.45, 2.75) is 12.8 Å². The maximum Gasteiger partial charge on any atom is 0.201 e. The third-order valence-electron chi connectivity index (χ3n) is 6.57. The third kappa shape index (κ3) is 5.92. The highest BCUT2D eigenvalue weighted by Crippen LogP contribution is 2.38. The van der Waals surface area contributed by atoms with Gasteiger partial charge < -0.3 is 20.1 Å². The van der Waals surface area contributed by atoms with Gasteiger partial charge in [0.2, 0.25) is 10.9 Å². The number of nitrogens with one attached hydrogen (secondary N) is 1. The zero-order valence-electron chi connectivity index (χ0n) is 21.4. The van der Waals surface area contributed by atoms with Gasteiger partial charge in [-0.05, 0) is 48.2 Å². The summed E-state index contributed by atoms with van der Waals surface area (Å²) in [5, 5.41) is 0.728. The van der Waals surface area contributed by atoms with E-state index in [0.29, 0.717) is 90.1 Å². The minimum absolute atomic E-state index is 0.248. The monoisotopic (exact) mass is 552 g/mol. The van der Waals surface area contributed by atoms with Crippen LogP contribution < -0.4 is 20.1 Å². The molecular weight excluding hydrogens is 523 g/mol. The van der Waals surface area contributed by atoms with Gasteiger partial charge in [-0.1, -0.05) is 18.2 Å². The lowest BCUT2D eigenvalue weighted by Gasteiger charge is -2.29. The van der Waals surface area contributed by atoms with E-state index in [4.69, 9.17) is 25.2 Å². The fourth-order valence-electron chi connectivity index (χ4n) is 4.62. The molecule has 0 radical (unpaired) electrons. The van der Waals surface area contributed by atoms with Crippen molar-refractivity contribution >= 4 is 33.4 Å². The normalized spacial score (nSPS) is 13.8. The molecule has 1 aliphatic rings. The average molecular weight is 553 g/mol. The van der Waals surface area contributed by atoms with Gasteiger partial charge in [0.25, 0.3) is 0 Å². The molecule has 0 saturated carbocycles. The molecule has 0 unspecified atom stereocenters. The number of hydrogen-bond donors (Lipinski definition) is 3. The highest BCUT2D eigenvalue weighted by Gasteiger charge is 2.22. The van der Waals surface area contributed by atoms with Gasteiger partial charge in [-0.25, -0.2) is 32.5 Å². The van der Waals surface area contributed by atoms with Crippen LogP contribution in [0.15, 0.2) is 48.7 Å². The molecule has 204 valence electrons. The molecule has 0 bridgehead atoms. The molecule has 0 atom stereocenters. The van der Waals surface area contributed by atoms with E-state index in [1.54, 1.807) is 43.6 Å². The van der Waals surface area contributed by atoms with E-state index in [0.717, 1.165) is 5.39 Å². The third-order valence-corrected chi connectivity index (χ3v) is 7.06. The summed E-state index contributed by atoms with van der Waals surface area (Å²) in [5.74, 6) is 1.70. The number of nitrogens with zero attached hydrogens (tertiary/aromatic N) is 4. The van der Waals surface area contributed by atoms with Crippen LogP contribution in [0.2, 0.25) is 0 Å². The number of morpholine rings is 1. The first-order valence-corrected chi connectivity index (χ1v) is 13.7. The second-order valence-corrected chi connectivity index (χ2v) is 9.89. The molecule has 1 fully saturated rings. The van der Waals surface area contributed by atoms with Gasteiger partial charge in [0.05, 0.1) is 20.3 Å². The zero-order chi connectivity index (χ0) is 27.4. The van der Waals surface area contributed by atoms with E-state index in [1.165, 1.54) is 0 Å². The van der Waals surface area contributed by atoms with E-state index < -0.39 is 10.9 Å². The molecule has 0 amide bonds. The molecule has 39 heavy (non-hydrogen) atoms. The summed E-state index contributed by atoms with van der Waals surface area (Å²) < 4.78 is 50.9. The maximum absolute atomic E-state index is 15.7.